The molecule has 2 aliphatic carbocycles. The van der Waals surface area contributed by atoms with Crippen LogP contribution in [0, 0.1) is 5.92 Å². The molecule has 3 rings (SSSR count). The van der Waals surface area contributed by atoms with Gasteiger partial charge in [0.2, 0.25) is 0 Å². The second kappa shape index (κ2) is 6.30. The van der Waals surface area contributed by atoms with Gasteiger partial charge in [-0.1, -0.05) is 75.3 Å². The van der Waals surface area contributed by atoms with Crippen LogP contribution in [0.15, 0.2) is 30.3 Å². The van der Waals surface area contributed by atoms with E-state index in [-0.39, 0.29) is 11.5 Å². The topological polar surface area (TPSA) is 20.2 Å². The number of aliphatic hydroxyl groups is 1. The lowest BCUT2D eigenvalue weighted by molar-refractivity contribution is 0.0346. The minimum absolute atomic E-state index is 0.0437. The van der Waals surface area contributed by atoms with E-state index in [1.165, 1.54) is 63.4 Å². The van der Waals surface area contributed by atoms with Crippen molar-refractivity contribution in [3.05, 3.63) is 35.9 Å². The Kier molecular flexibility index (Phi) is 4.45. The predicted molar refractivity (Wildman–Crippen MR) is 83.8 cm³/mol. The molecular formula is C19H28O. The Hall–Kier alpha value is -0.820. The van der Waals surface area contributed by atoms with Crippen molar-refractivity contribution in [2.75, 3.05) is 0 Å². The number of hydrogen-bond donors (Lipinski definition) is 1. The van der Waals surface area contributed by atoms with Crippen LogP contribution in [-0.2, 0) is 5.41 Å². The summed E-state index contributed by atoms with van der Waals surface area (Å²) in [5.41, 5.74) is 1.42. The van der Waals surface area contributed by atoms with Crippen LogP contribution >= 0.6 is 0 Å². The van der Waals surface area contributed by atoms with E-state index in [2.05, 4.69) is 30.3 Å². The molecule has 1 unspecified atom stereocenters. The molecule has 1 atom stereocenters. The summed E-state index contributed by atoms with van der Waals surface area (Å²) in [5, 5.41) is 11.0. The van der Waals surface area contributed by atoms with Gasteiger partial charge in [-0.3, -0.25) is 0 Å². The lowest BCUT2D eigenvalue weighted by Gasteiger charge is -2.42. The molecule has 0 heterocycles. The summed E-state index contributed by atoms with van der Waals surface area (Å²) < 4.78 is 0. The van der Waals surface area contributed by atoms with Crippen LogP contribution in [0.3, 0.4) is 0 Å². The van der Waals surface area contributed by atoms with Crippen molar-refractivity contribution in [2.24, 2.45) is 5.92 Å². The maximum atomic E-state index is 11.0. The third-order valence-electron chi connectivity index (χ3n) is 5.76. The van der Waals surface area contributed by atoms with Crippen molar-refractivity contribution in [3.63, 3.8) is 0 Å². The van der Waals surface area contributed by atoms with Gasteiger partial charge in [-0.15, -0.1) is 0 Å². The first-order chi connectivity index (χ1) is 9.81. The van der Waals surface area contributed by atoms with Crippen molar-refractivity contribution < 1.29 is 5.11 Å². The fourth-order valence-corrected chi connectivity index (χ4v) is 4.55. The molecule has 20 heavy (non-hydrogen) atoms. The number of hydrogen-bond acceptors (Lipinski definition) is 1. The standard InChI is InChI=1S/C19H28O/c20-18(15-16-9-5-6-10-16)19(13-7-2-8-14-19)17-11-3-1-4-12-17/h1,3-4,11-12,16,18,20H,2,5-10,13-15H2. The van der Waals surface area contributed by atoms with Gasteiger partial charge in [0.15, 0.2) is 0 Å². The molecule has 2 fully saturated rings. The van der Waals surface area contributed by atoms with Gasteiger partial charge >= 0.3 is 0 Å². The van der Waals surface area contributed by atoms with E-state index < -0.39 is 0 Å². The summed E-state index contributed by atoms with van der Waals surface area (Å²) in [6.45, 7) is 0. The normalized spacial score (nSPS) is 24.6. The SMILES string of the molecule is OC(CC1CCCC1)C1(c2ccccc2)CCCCC1. The van der Waals surface area contributed by atoms with Crippen LogP contribution in [0.5, 0.6) is 0 Å². The molecule has 1 aromatic carbocycles. The van der Waals surface area contributed by atoms with Crippen LogP contribution < -0.4 is 0 Å². The maximum absolute atomic E-state index is 11.0. The van der Waals surface area contributed by atoms with Crippen LogP contribution in [0.25, 0.3) is 0 Å². The Morgan fingerprint density at radius 3 is 2.25 bits per heavy atom. The summed E-state index contributed by atoms with van der Waals surface area (Å²) in [6, 6.07) is 10.8. The van der Waals surface area contributed by atoms with Crippen LogP contribution in [0.1, 0.15) is 69.8 Å². The molecule has 0 amide bonds. The Morgan fingerprint density at radius 1 is 0.950 bits per heavy atom. The van der Waals surface area contributed by atoms with E-state index in [4.69, 9.17) is 0 Å². The first-order valence-electron chi connectivity index (χ1n) is 8.55. The van der Waals surface area contributed by atoms with Crippen molar-refractivity contribution in [1.29, 1.82) is 0 Å². The van der Waals surface area contributed by atoms with E-state index in [0.717, 1.165) is 12.3 Å². The maximum Gasteiger partial charge on any atom is 0.0639 e. The molecule has 0 spiro atoms. The second-order valence-electron chi connectivity index (χ2n) is 6.98. The predicted octanol–water partition coefficient (Wildman–Crippen LogP) is 4.83. The first kappa shape index (κ1) is 14.1. The number of rotatable bonds is 4. The van der Waals surface area contributed by atoms with Gasteiger partial charge in [0.05, 0.1) is 6.10 Å². The van der Waals surface area contributed by atoms with Gasteiger partial charge < -0.3 is 5.11 Å². The van der Waals surface area contributed by atoms with Crippen molar-refractivity contribution in [2.45, 2.75) is 75.7 Å². The lowest BCUT2D eigenvalue weighted by Crippen LogP contribution is -2.42. The average molecular weight is 272 g/mol. The number of aliphatic hydroxyl groups excluding tert-OH is 1. The Labute approximate surface area is 123 Å². The van der Waals surface area contributed by atoms with Gasteiger partial charge in [0.1, 0.15) is 0 Å². The Morgan fingerprint density at radius 2 is 1.60 bits per heavy atom. The molecule has 0 bridgehead atoms. The zero-order valence-electron chi connectivity index (χ0n) is 12.6. The van der Waals surface area contributed by atoms with Crippen LogP contribution in [-0.4, -0.2) is 11.2 Å². The van der Waals surface area contributed by atoms with Crippen molar-refractivity contribution in [1.82, 2.24) is 0 Å². The van der Waals surface area contributed by atoms with E-state index in [0.29, 0.717) is 0 Å². The average Bonchev–Trinajstić information content (AvgIpc) is 3.02. The zero-order chi connectivity index (χ0) is 13.8. The number of benzene rings is 1. The van der Waals surface area contributed by atoms with Gasteiger partial charge in [-0.05, 0) is 30.7 Å². The van der Waals surface area contributed by atoms with Gasteiger partial charge in [0, 0.05) is 5.41 Å². The molecule has 0 saturated heterocycles. The molecule has 0 aromatic heterocycles. The fourth-order valence-electron chi connectivity index (χ4n) is 4.55. The van der Waals surface area contributed by atoms with E-state index in [9.17, 15) is 5.11 Å². The summed E-state index contributed by atoms with van der Waals surface area (Å²) in [5.74, 6) is 0.771. The smallest absolute Gasteiger partial charge is 0.0639 e. The summed E-state index contributed by atoms with van der Waals surface area (Å²) in [6.07, 6.45) is 12.5. The third kappa shape index (κ3) is 2.79. The van der Waals surface area contributed by atoms with Crippen molar-refractivity contribution >= 4 is 0 Å². The molecule has 0 aliphatic heterocycles. The van der Waals surface area contributed by atoms with Crippen LogP contribution in [0.4, 0.5) is 0 Å². The molecule has 110 valence electrons. The lowest BCUT2D eigenvalue weighted by atomic mass is 9.64. The Bertz CT molecular complexity index is 399. The third-order valence-corrected chi connectivity index (χ3v) is 5.76. The minimum atomic E-state index is -0.145. The largest absolute Gasteiger partial charge is 0.392 e. The fraction of sp³-hybridized carbons (Fsp3) is 0.684. The molecule has 1 nitrogen and oxygen atoms in total. The van der Waals surface area contributed by atoms with E-state index >= 15 is 0 Å². The minimum Gasteiger partial charge on any atom is -0.392 e. The Balaban J connectivity index is 1.81. The van der Waals surface area contributed by atoms with Gasteiger partial charge in [-0.2, -0.15) is 0 Å². The van der Waals surface area contributed by atoms with Crippen LogP contribution in [0.2, 0.25) is 0 Å². The summed E-state index contributed by atoms with van der Waals surface area (Å²) in [4.78, 5) is 0. The van der Waals surface area contributed by atoms with E-state index in [1.54, 1.807) is 0 Å². The van der Waals surface area contributed by atoms with Gasteiger partial charge in [-0.25, -0.2) is 0 Å². The molecule has 1 heteroatoms. The summed E-state index contributed by atoms with van der Waals surface area (Å²) >= 11 is 0. The molecule has 2 saturated carbocycles. The first-order valence-corrected chi connectivity index (χ1v) is 8.55. The quantitative estimate of drug-likeness (QED) is 0.832. The highest BCUT2D eigenvalue weighted by Crippen LogP contribution is 2.45. The zero-order valence-corrected chi connectivity index (χ0v) is 12.6. The van der Waals surface area contributed by atoms with E-state index in [1.807, 2.05) is 0 Å². The highest BCUT2D eigenvalue weighted by molar-refractivity contribution is 5.27. The molecule has 1 aromatic rings. The highest BCUT2D eigenvalue weighted by Gasteiger charge is 2.41. The molecule has 1 N–H and O–H groups in total. The monoisotopic (exact) mass is 272 g/mol. The summed E-state index contributed by atoms with van der Waals surface area (Å²) in [7, 11) is 0. The van der Waals surface area contributed by atoms with Crippen molar-refractivity contribution in [3.8, 4) is 0 Å². The molecule has 0 radical (unpaired) electrons. The molecular weight excluding hydrogens is 244 g/mol. The second-order valence-corrected chi connectivity index (χ2v) is 6.98. The highest BCUT2D eigenvalue weighted by atomic mass is 16.3. The molecule has 2 aliphatic rings. The van der Waals surface area contributed by atoms with Gasteiger partial charge in [0.25, 0.3) is 0 Å².